The van der Waals surface area contributed by atoms with Gasteiger partial charge in [0.2, 0.25) is 5.91 Å². The predicted molar refractivity (Wildman–Crippen MR) is 134 cm³/mol. The Morgan fingerprint density at radius 1 is 1.06 bits per heavy atom. The number of nitrogens with zero attached hydrogens (tertiary/aromatic N) is 3. The number of para-hydroxylation sites is 1. The number of ether oxygens (including phenoxy) is 1. The zero-order valence-electron chi connectivity index (χ0n) is 19.4. The Kier molecular flexibility index (Phi) is 7.10. The first-order valence-corrected chi connectivity index (χ1v) is 11.4. The molecule has 3 aromatic carbocycles. The molecule has 174 valence electrons. The summed E-state index contributed by atoms with van der Waals surface area (Å²) < 4.78 is 7.19. The van der Waals surface area contributed by atoms with Crippen molar-refractivity contribution in [1.82, 2.24) is 14.5 Å². The van der Waals surface area contributed by atoms with Gasteiger partial charge in [0.1, 0.15) is 12.4 Å². The van der Waals surface area contributed by atoms with E-state index in [-0.39, 0.29) is 18.1 Å². The second kappa shape index (κ2) is 10.2. The SMILES string of the molecule is Cc1c(Cl)cccc1-n1c(C(C)N(C)C(=O)COCc2ccccc2)nc2ccccc2c1=O. The van der Waals surface area contributed by atoms with Crippen molar-refractivity contribution in [3.63, 3.8) is 0 Å². The van der Waals surface area contributed by atoms with Gasteiger partial charge in [0, 0.05) is 12.1 Å². The molecule has 1 amide bonds. The maximum absolute atomic E-state index is 13.6. The number of hydrogen-bond acceptors (Lipinski definition) is 4. The zero-order valence-corrected chi connectivity index (χ0v) is 20.1. The lowest BCUT2D eigenvalue weighted by atomic mass is 10.1. The fourth-order valence-electron chi connectivity index (χ4n) is 3.82. The molecule has 0 saturated heterocycles. The number of fused-ring (bicyclic) bond motifs is 1. The van der Waals surface area contributed by atoms with Gasteiger partial charge >= 0.3 is 0 Å². The highest BCUT2D eigenvalue weighted by molar-refractivity contribution is 6.31. The van der Waals surface area contributed by atoms with Gasteiger partial charge in [-0.25, -0.2) is 4.98 Å². The predicted octanol–water partition coefficient (Wildman–Crippen LogP) is 5.08. The van der Waals surface area contributed by atoms with Crippen molar-refractivity contribution in [3.8, 4) is 5.69 Å². The Morgan fingerprint density at radius 3 is 2.53 bits per heavy atom. The Labute approximate surface area is 203 Å². The van der Waals surface area contributed by atoms with E-state index in [1.807, 2.05) is 62.4 Å². The molecule has 0 aliphatic heterocycles. The van der Waals surface area contributed by atoms with Crippen molar-refractivity contribution >= 4 is 28.4 Å². The van der Waals surface area contributed by atoms with E-state index >= 15 is 0 Å². The standard InChI is InChI=1S/C27H26ClN3O3/c1-18-22(28)13-9-15-24(18)31-26(29-23-14-8-7-12-21(23)27(31)33)19(2)30(3)25(32)17-34-16-20-10-5-4-6-11-20/h4-15,19H,16-17H2,1-3H3. The van der Waals surface area contributed by atoms with Crippen molar-refractivity contribution in [2.24, 2.45) is 0 Å². The van der Waals surface area contributed by atoms with Crippen LogP contribution in [0.5, 0.6) is 0 Å². The Bertz CT molecular complexity index is 1390. The fourth-order valence-corrected chi connectivity index (χ4v) is 3.99. The van der Waals surface area contributed by atoms with Crippen molar-refractivity contribution in [2.45, 2.75) is 26.5 Å². The summed E-state index contributed by atoms with van der Waals surface area (Å²) in [5.74, 6) is 0.244. The number of rotatable bonds is 7. The van der Waals surface area contributed by atoms with Gasteiger partial charge in [0.05, 0.1) is 29.2 Å². The Balaban J connectivity index is 1.68. The molecule has 0 bridgehead atoms. The van der Waals surface area contributed by atoms with E-state index in [0.29, 0.717) is 34.0 Å². The normalized spacial score (nSPS) is 12.0. The molecule has 1 atom stereocenters. The van der Waals surface area contributed by atoms with Gasteiger partial charge in [0.15, 0.2) is 0 Å². The molecule has 4 aromatic rings. The summed E-state index contributed by atoms with van der Waals surface area (Å²) in [7, 11) is 1.69. The average molecular weight is 476 g/mol. The number of carbonyl (C=O) groups is 1. The Hall–Kier alpha value is -3.48. The van der Waals surface area contributed by atoms with Gasteiger partial charge in [-0.05, 0) is 49.2 Å². The molecule has 1 heterocycles. The minimum absolute atomic E-state index is 0.0796. The highest BCUT2D eigenvalue weighted by Gasteiger charge is 2.25. The molecular formula is C27H26ClN3O3. The van der Waals surface area contributed by atoms with Gasteiger partial charge < -0.3 is 9.64 Å². The highest BCUT2D eigenvalue weighted by atomic mass is 35.5. The molecule has 0 radical (unpaired) electrons. The summed E-state index contributed by atoms with van der Waals surface area (Å²) >= 11 is 6.37. The molecular weight excluding hydrogens is 450 g/mol. The second-order valence-corrected chi connectivity index (χ2v) is 8.58. The van der Waals surface area contributed by atoms with Crippen LogP contribution in [-0.4, -0.2) is 34.0 Å². The van der Waals surface area contributed by atoms with Gasteiger partial charge in [0.25, 0.3) is 5.56 Å². The first-order chi connectivity index (χ1) is 16.4. The number of likely N-dealkylation sites (N-methyl/N-ethyl adjacent to an activating group) is 1. The van der Waals surface area contributed by atoms with Crippen LogP contribution in [0, 0.1) is 6.92 Å². The lowest BCUT2D eigenvalue weighted by Crippen LogP contribution is -2.36. The molecule has 4 rings (SSSR count). The van der Waals surface area contributed by atoms with Gasteiger partial charge in [-0.2, -0.15) is 0 Å². The van der Waals surface area contributed by atoms with Crippen molar-refractivity contribution < 1.29 is 9.53 Å². The monoisotopic (exact) mass is 475 g/mol. The third-order valence-electron chi connectivity index (χ3n) is 5.97. The van der Waals surface area contributed by atoms with Crippen LogP contribution in [0.25, 0.3) is 16.6 Å². The summed E-state index contributed by atoms with van der Waals surface area (Å²) in [5, 5.41) is 1.05. The number of halogens is 1. The number of aromatic nitrogens is 2. The van der Waals surface area contributed by atoms with Crippen LogP contribution in [0.3, 0.4) is 0 Å². The van der Waals surface area contributed by atoms with E-state index in [4.69, 9.17) is 21.3 Å². The van der Waals surface area contributed by atoms with Crippen LogP contribution in [0.4, 0.5) is 0 Å². The molecule has 1 aromatic heterocycles. The smallest absolute Gasteiger partial charge is 0.266 e. The third kappa shape index (κ3) is 4.74. The van der Waals surface area contributed by atoms with Crippen molar-refractivity contribution in [3.05, 3.63) is 105 Å². The first kappa shape index (κ1) is 23.7. The summed E-state index contributed by atoms with van der Waals surface area (Å²) in [6.45, 7) is 3.97. The molecule has 0 aliphatic carbocycles. The molecule has 0 N–H and O–H groups in total. The lowest BCUT2D eigenvalue weighted by Gasteiger charge is -2.27. The minimum Gasteiger partial charge on any atom is -0.367 e. The van der Waals surface area contributed by atoms with Gasteiger partial charge in [-0.15, -0.1) is 0 Å². The van der Waals surface area contributed by atoms with E-state index in [2.05, 4.69) is 0 Å². The first-order valence-electron chi connectivity index (χ1n) is 11.0. The van der Waals surface area contributed by atoms with Gasteiger partial charge in [-0.1, -0.05) is 60.1 Å². The van der Waals surface area contributed by atoms with E-state index in [1.165, 1.54) is 0 Å². The van der Waals surface area contributed by atoms with Gasteiger partial charge in [-0.3, -0.25) is 14.2 Å². The molecule has 6 nitrogen and oxygen atoms in total. The average Bonchev–Trinajstić information content (AvgIpc) is 2.85. The van der Waals surface area contributed by atoms with Crippen molar-refractivity contribution in [2.75, 3.05) is 13.7 Å². The van der Waals surface area contributed by atoms with Crippen LogP contribution in [0.2, 0.25) is 5.02 Å². The van der Waals surface area contributed by atoms with Crippen molar-refractivity contribution in [1.29, 1.82) is 0 Å². The number of hydrogen-bond donors (Lipinski definition) is 0. The summed E-state index contributed by atoms with van der Waals surface area (Å²) in [6, 6.07) is 21.8. The summed E-state index contributed by atoms with van der Waals surface area (Å²) in [4.78, 5) is 32.9. The molecule has 0 spiro atoms. The quantitative estimate of drug-likeness (QED) is 0.373. The Morgan fingerprint density at radius 2 is 1.76 bits per heavy atom. The third-order valence-corrected chi connectivity index (χ3v) is 6.38. The van der Waals surface area contributed by atoms with E-state index < -0.39 is 6.04 Å². The molecule has 0 fully saturated rings. The number of benzene rings is 3. The summed E-state index contributed by atoms with van der Waals surface area (Å²) in [5.41, 5.74) is 2.76. The lowest BCUT2D eigenvalue weighted by molar-refractivity contribution is -0.137. The molecule has 0 saturated carbocycles. The maximum atomic E-state index is 13.6. The summed E-state index contributed by atoms with van der Waals surface area (Å²) in [6.07, 6.45) is 0. The van der Waals surface area contributed by atoms with Crippen LogP contribution in [-0.2, 0) is 16.1 Å². The molecule has 1 unspecified atom stereocenters. The van der Waals surface area contributed by atoms with Crippen LogP contribution < -0.4 is 5.56 Å². The minimum atomic E-state index is -0.497. The number of carbonyl (C=O) groups excluding carboxylic acids is 1. The molecule has 7 heteroatoms. The van der Waals surface area contributed by atoms with E-state index in [0.717, 1.165) is 11.1 Å². The largest absolute Gasteiger partial charge is 0.367 e. The topological polar surface area (TPSA) is 64.4 Å². The number of amides is 1. The fraction of sp³-hybridized carbons (Fsp3) is 0.222. The molecule has 0 aliphatic rings. The van der Waals surface area contributed by atoms with Crippen LogP contribution in [0.15, 0.2) is 77.6 Å². The maximum Gasteiger partial charge on any atom is 0.266 e. The second-order valence-electron chi connectivity index (χ2n) is 8.17. The van der Waals surface area contributed by atoms with E-state index in [1.54, 1.807) is 40.8 Å². The highest BCUT2D eigenvalue weighted by Crippen LogP contribution is 2.26. The zero-order chi connectivity index (χ0) is 24.2. The van der Waals surface area contributed by atoms with E-state index in [9.17, 15) is 9.59 Å². The van der Waals surface area contributed by atoms with Crippen LogP contribution >= 0.6 is 11.6 Å². The molecule has 34 heavy (non-hydrogen) atoms. The van der Waals surface area contributed by atoms with Crippen LogP contribution in [0.1, 0.15) is 29.9 Å².